The van der Waals surface area contributed by atoms with E-state index in [9.17, 15) is 24.6 Å². The van der Waals surface area contributed by atoms with Crippen molar-refractivity contribution in [2.75, 3.05) is 65.4 Å². The van der Waals surface area contributed by atoms with Gasteiger partial charge in [0.25, 0.3) is 0 Å². The highest BCUT2D eigenvalue weighted by Gasteiger charge is 2.33. The molecule has 1 saturated heterocycles. The molecular formula is C18H35BrN4O6. The SMILES string of the molecule is Br.CC(C)(C)C1CN(CC(=O)O)CCN(CC(=O)O)CCNCCN1CC(=O)O. The molecule has 4 N–H and O–H groups in total. The maximum atomic E-state index is 11.4. The van der Waals surface area contributed by atoms with Crippen LogP contribution in [0, 0.1) is 5.41 Å². The molecule has 1 rings (SSSR count). The van der Waals surface area contributed by atoms with E-state index in [2.05, 4.69) is 5.32 Å². The molecule has 170 valence electrons. The molecule has 0 bridgehead atoms. The lowest BCUT2D eigenvalue weighted by molar-refractivity contribution is -0.142. The van der Waals surface area contributed by atoms with Gasteiger partial charge in [-0.3, -0.25) is 29.1 Å². The summed E-state index contributed by atoms with van der Waals surface area (Å²) in [4.78, 5) is 39.3. The first kappa shape index (κ1) is 27.7. The lowest BCUT2D eigenvalue weighted by Gasteiger charge is -2.42. The first-order chi connectivity index (χ1) is 13.0. The number of hydrogen-bond acceptors (Lipinski definition) is 7. The minimum atomic E-state index is -0.962. The van der Waals surface area contributed by atoms with Crippen LogP contribution in [0.1, 0.15) is 20.8 Å². The number of carboxylic acid groups (broad SMARTS) is 3. The van der Waals surface area contributed by atoms with Gasteiger partial charge in [-0.25, -0.2) is 0 Å². The second-order valence-electron chi connectivity index (χ2n) is 8.29. The Morgan fingerprint density at radius 1 is 0.828 bits per heavy atom. The van der Waals surface area contributed by atoms with Crippen molar-refractivity contribution < 1.29 is 29.7 Å². The molecule has 0 aromatic carbocycles. The van der Waals surface area contributed by atoms with Crippen molar-refractivity contribution in [1.82, 2.24) is 20.0 Å². The summed E-state index contributed by atoms with van der Waals surface area (Å²) < 4.78 is 0. The van der Waals surface area contributed by atoms with E-state index < -0.39 is 17.9 Å². The minimum Gasteiger partial charge on any atom is -0.480 e. The normalized spacial score (nSPS) is 21.4. The fraction of sp³-hybridized carbons (Fsp3) is 0.833. The Labute approximate surface area is 182 Å². The molecule has 1 atom stereocenters. The summed E-state index contributed by atoms with van der Waals surface area (Å²) in [5.41, 5.74) is -0.267. The lowest BCUT2D eigenvalue weighted by Crippen LogP contribution is -2.56. The Hall–Kier alpha value is -1.27. The third kappa shape index (κ3) is 11.5. The molecule has 1 aliphatic rings. The van der Waals surface area contributed by atoms with Gasteiger partial charge in [0.05, 0.1) is 19.6 Å². The van der Waals surface area contributed by atoms with Crippen LogP contribution in [0.15, 0.2) is 0 Å². The average Bonchev–Trinajstić information content (AvgIpc) is 2.51. The third-order valence-corrected chi connectivity index (χ3v) is 4.84. The van der Waals surface area contributed by atoms with Crippen LogP contribution < -0.4 is 5.32 Å². The number of nitrogens with one attached hydrogen (secondary N) is 1. The Morgan fingerprint density at radius 2 is 1.31 bits per heavy atom. The predicted octanol–water partition coefficient (Wildman–Crippen LogP) is -0.258. The highest BCUT2D eigenvalue weighted by atomic mass is 79.9. The van der Waals surface area contributed by atoms with Crippen LogP contribution in [0.2, 0.25) is 0 Å². The lowest BCUT2D eigenvalue weighted by atomic mass is 9.85. The van der Waals surface area contributed by atoms with E-state index >= 15 is 0 Å². The van der Waals surface area contributed by atoms with E-state index in [0.29, 0.717) is 45.8 Å². The van der Waals surface area contributed by atoms with Crippen molar-refractivity contribution in [3.05, 3.63) is 0 Å². The molecule has 0 spiro atoms. The molecule has 0 aliphatic carbocycles. The Morgan fingerprint density at radius 3 is 1.83 bits per heavy atom. The second-order valence-corrected chi connectivity index (χ2v) is 8.29. The van der Waals surface area contributed by atoms with Crippen LogP contribution in [0.25, 0.3) is 0 Å². The third-order valence-electron chi connectivity index (χ3n) is 4.84. The quantitative estimate of drug-likeness (QED) is 0.401. The molecule has 29 heavy (non-hydrogen) atoms. The van der Waals surface area contributed by atoms with Gasteiger partial charge in [0.1, 0.15) is 0 Å². The number of carboxylic acids is 3. The summed E-state index contributed by atoms with van der Waals surface area (Å²) in [6.07, 6.45) is 0. The molecule has 1 fully saturated rings. The monoisotopic (exact) mass is 482 g/mol. The van der Waals surface area contributed by atoms with Gasteiger partial charge in [0.2, 0.25) is 0 Å². The fourth-order valence-corrected chi connectivity index (χ4v) is 3.46. The smallest absolute Gasteiger partial charge is 0.317 e. The number of halogens is 1. The van der Waals surface area contributed by atoms with Gasteiger partial charge in [-0.15, -0.1) is 17.0 Å². The van der Waals surface area contributed by atoms with E-state index in [4.69, 9.17) is 5.11 Å². The van der Waals surface area contributed by atoms with E-state index in [0.717, 1.165) is 0 Å². The second kappa shape index (κ2) is 13.1. The molecule has 1 heterocycles. The van der Waals surface area contributed by atoms with Gasteiger partial charge in [0.15, 0.2) is 0 Å². The van der Waals surface area contributed by atoms with Crippen LogP contribution in [0.5, 0.6) is 0 Å². The number of rotatable bonds is 6. The maximum absolute atomic E-state index is 11.4. The zero-order valence-corrected chi connectivity index (χ0v) is 19.2. The summed E-state index contributed by atoms with van der Waals surface area (Å²) in [6, 6.07) is -0.169. The van der Waals surface area contributed by atoms with Crippen LogP contribution in [-0.2, 0) is 14.4 Å². The summed E-state index contributed by atoms with van der Waals surface area (Å²) in [7, 11) is 0. The molecule has 0 aromatic heterocycles. The number of hydrogen-bond donors (Lipinski definition) is 4. The van der Waals surface area contributed by atoms with Crippen molar-refractivity contribution in [2.24, 2.45) is 5.41 Å². The summed E-state index contributed by atoms with van der Waals surface area (Å²) in [5.74, 6) is -2.80. The topological polar surface area (TPSA) is 134 Å². The van der Waals surface area contributed by atoms with E-state index in [1.807, 2.05) is 25.7 Å². The molecule has 1 aliphatic heterocycles. The minimum absolute atomic E-state index is 0. The van der Waals surface area contributed by atoms with Gasteiger partial charge in [-0.2, -0.15) is 0 Å². The van der Waals surface area contributed by atoms with Crippen molar-refractivity contribution in [3.8, 4) is 0 Å². The van der Waals surface area contributed by atoms with Crippen LogP contribution in [0.4, 0.5) is 0 Å². The average molecular weight is 483 g/mol. The van der Waals surface area contributed by atoms with E-state index in [-0.39, 0.29) is 48.1 Å². The van der Waals surface area contributed by atoms with Gasteiger partial charge in [0, 0.05) is 51.9 Å². The van der Waals surface area contributed by atoms with Crippen molar-refractivity contribution in [1.29, 1.82) is 0 Å². The maximum Gasteiger partial charge on any atom is 0.317 e. The van der Waals surface area contributed by atoms with Gasteiger partial charge in [-0.1, -0.05) is 20.8 Å². The molecule has 1 unspecified atom stereocenters. The molecule has 0 saturated carbocycles. The molecule has 0 radical (unpaired) electrons. The summed E-state index contributed by atoms with van der Waals surface area (Å²) >= 11 is 0. The van der Waals surface area contributed by atoms with Crippen LogP contribution >= 0.6 is 17.0 Å². The van der Waals surface area contributed by atoms with Crippen LogP contribution in [0.3, 0.4) is 0 Å². The van der Waals surface area contributed by atoms with Crippen LogP contribution in [-0.4, -0.2) is 119 Å². The highest BCUT2D eigenvalue weighted by molar-refractivity contribution is 8.93. The standard InChI is InChI=1S/C18H34N4O6.BrH/c1-18(2,3)14-10-21(12-16(25)26)9-8-20(11-15(23)24)6-4-19-5-7-22(14)13-17(27)28;/h14,19H,4-13H2,1-3H3,(H,23,24)(H,25,26)(H,27,28);1H. The number of aliphatic carboxylic acids is 3. The number of carbonyl (C=O) groups is 3. The largest absolute Gasteiger partial charge is 0.480 e. The van der Waals surface area contributed by atoms with Crippen molar-refractivity contribution in [2.45, 2.75) is 26.8 Å². The Kier molecular flexibility index (Phi) is 12.5. The fourth-order valence-electron chi connectivity index (χ4n) is 3.46. The zero-order valence-electron chi connectivity index (χ0n) is 17.5. The van der Waals surface area contributed by atoms with Gasteiger partial charge >= 0.3 is 17.9 Å². The predicted molar refractivity (Wildman–Crippen MR) is 114 cm³/mol. The summed E-state index contributed by atoms with van der Waals surface area (Å²) in [6.45, 7) is 9.05. The van der Waals surface area contributed by atoms with Crippen molar-refractivity contribution in [3.63, 3.8) is 0 Å². The molecule has 10 nitrogen and oxygen atoms in total. The Balaban J connectivity index is 0.00000784. The first-order valence-corrected chi connectivity index (χ1v) is 9.54. The first-order valence-electron chi connectivity index (χ1n) is 9.54. The number of nitrogens with zero attached hydrogens (tertiary/aromatic N) is 3. The molecular weight excluding hydrogens is 448 g/mol. The summed E-state index contributed by atoms with van der Waals surface area (Å²) in [5, 5.41) is 31.0. The molecule has 0 amide bonds. The Bertz CT molecular complexity index is 543. The van der Waals surface area contributed by atoms with Crippen molar-refractivity contribution >= 4 is 34.9 Å². The van der Waals surface area contributed by atoms with Gasteiger partial charge in [-0.05, 0) is 5.41 Å². The molecule has 11 heteroatoms. The van der Waals surface area contributed by atoms with E-state index in [1.54, 1.807) is 9.80 Å². The van der Waals surface area contributed by atoms with Gasteiger partial charge < -0.3 is 20.6 Å². The molecule has 0 aromatic rings. The van der Waals surface area contributed by atoms with E-state index in [1.165, 1.54) is 0 Å². The zero-order chi connectivity index (χ0) is 21.3. The highest BCUT2D eigenvalue weighted by Crippen LogP contribution is 2.25.